The summed E-state index contributed by atoms with van der Waals surface area (Å²) in [4.78, 5) is 24.9. The van der Waals surface area contributed by atoms with Crippen LogP contribution in [0.1, 0.15) is 37.9 Å². The molecule has 1 atom stereocenters. The van der Waals surface area contributed by atoms with E-state index in [1.165, 1.54) is 12.1 Å². The number of halogens is 6. The number of likely N-dealkylation sites (N-methyl/N-ethyl adjacent to an activating group) is 1. The van der Waals surface area contributed by atoms with Crippen LogP contribution in [0, 0.1) is 0 Å². The number of fused-ring (bicyclic) bond motifs is 3. The van der Waals surface area contributed by atoms with Crippen molar-refractivity contribution in [2.24, 2.45) is 0 Å². The summed E-state index contributed by atoms with van der Waals surface area (Å²) < 4.78 is 116. The highest BCUT2D eigenvalue weighted by atomic mass is 32.2. The number of hydrogen-bond donors (Lipinski definition) is 1. The van der Waals surface area contributed by atoms with Gasteiger partial charge >= 0.3 is 18.3 Å². The number of sulfone groups is 1. The van der Waals surface area contributed by atoms with Crippen molar-refractivity contribution in [1.82, 2.24) is 14.9 Å². The Morgan fingerprint density at radius 1 is 0.896 bits per heavy atom. The summed E-state index contributed by atoms with van der Waals surface area (Å²) in [5.74, 6) is -0.916. The predicted octanol–water partition coefficient (Wildman–Crippen LogP) is 6.34. The summed E-state index contributed by atoms with van der Waals surface area (Å²) in [6.45, 7) is 3.57. The first kappa shape index (κ1) is 33.2. The highest BCUT2D eigenvalue weighted by Crippen LogP contribution is 2.49. The zero-order chi connectivity index (χ0) is 34.6. The number of hydrogen-bond acceptors (Lipinski definition) is 9. The Bertz CT molecular complexity index is 1960. The quantitative estimate of drug-likeness (QED) is 0.190. The number of methoxy groups -OCH3 is 1. The molecule has 1 aromatic heterocycles. The van der Waals surface area contributed by atoms with Crippen molar-refractivity contribution in [2.75, 3.05) is 50.6 Å². The molecule has 3 aromatic carbocycles. The van der Waals surface area contributed by atoms with Crippen molar-refractivity contribution >= 4 is 33.1 Å². The van der Waals surface area contributed by atoms with Gasteiger partial charge in [0.15, 0.2) is 9.84 Å². The highest BCUT2D eigenvalue weighted by molar-refractivity contribution is 7.92. The summed E-state index contributed by atoms with van der Waals surface area (Å²) in [5.41, 5.74) is -3.08. The molecule has 9 nitrogen and oxygen atoms in total. The molecule has 3 heterocycles. The fourth-order valence-corrected chi connectivity index (χ4v) is 7.71. The van der Waals surface area contributed by atoms with E-state index in [4.69, 9.17) is 4.74 Å². The molecule has 0 saturated carbocycles. The van der Waals surface area contributed by atoms with E-state index in [1.807, 2.05) is 12.1 Å². The molecule has 16 heteroatoms. The summed E-state index contributed by atoms with van der Waals surface area (Å²) in [7, 11) is -1.66. The van der Waals surface area contributed by atoms with Crippen LogP contribution in [-0.2, 0) is 26.9 Å². The van der Waals surface area contributed by atoms with Crippen molar-refractivity contribution in [3.63, 3.8) is 0 Å². The second-order valence-electron chi connectivity index (χ2n) is 11.4. The van der Waals surface area contributed by atoms with Crippen LogP contribution in [0.25, 0.3) is 11.3 Å². The van der Waals surface area contributed by atoms with Crippen LogP contribution in [-0.4, -0.2) is 69.6 Å². The fourth-order valence-electron chi connectivity index (χ4n) is 5.80. The lowest BCUT2D eigenvalue weighted by atomic mass is 9.92. The molecule has 1 fully saturated rings. The number of piperazine rings is 1. The van der Waals surface area contributed by atoms with Crippen molar-refractivity contribution in [3.05, 3.63) is 94.7 Å². The van der Waals surface area contributed by atoms with E-state index in [1.54, 1.807) is 12.1 Å². The second kappa shape index (κ2) is 12.1. The minimum Gasteiger partial charge on any atom is -0.465 e. The zero-order valence-electron chi connectivity index (χ0n) is 25.4. The second-order valence-corrected chi connectivity index (χ2v) is 13.4. The molecule has 1 N–H and O–H groups in total. The average molecular weight is 692 g/mol. The van der Waals surface area contributed by atoms with Crippen LogP contribution in [0.3, 0.4) is 0 Å². The summed E-state index contributed by atoms with van der Waals surface area (Å²) >= 11 is 0. The van der Waals surface area contributed by atoms with Crippen LogP contribution >= 0.6 is 0 Å². The molecule has 2 aliphatic rings. The molecule has 0 bridgehead atoms. The van der Waals surface area contributed by atoms with Crippen LogP contribution < -0.4 is 10.2 Å². The number of anilines is 3. The van der Waals surface area contributed by atoms with E-state index in [2.05, 4.69) is 32.1 Å². The molecular weight excluding hydrogens is 664 g/mol. The zero-order valence-corrected chi connectivity index (χ0v) is 26.2. The fraction of sp³-hybridized carbons (Fsp3) is 0.281. The van der Waals surface area contributed by atoms with E-state index in [9.17, 15) is 39.6 Å². The monoisotopic (exact) mass is 691 g/mol. The van der Waals surface area contributed by atoms with Crippen molar-refractivity contribution in [2.45, 2.75) is 22.5 Å². The van der Waals surface area contributed by atoms with Crippen molar-refractivity contribution in [1.29, 1.82) is 0 Å². The van der Waals surface area contributed by atoms with Gasteiger partial charge in [-0.05, 0) is 72.8 Å². The minimum absolute atomic E-state index is 0.0174. The number of ether oxygens (including phenoxy) is 1. The molecular formula is C32H27F6N5O4S. The molecule has 0 aliphatic carbocycles. The maximum atomic E-state index is 14.1. The van der Waals surface area contributed by atoms with Gasteiger partial charge in [-0.3, -0.25) is 0 Å². The summed E-state index contributed by atoms with van der Waals surface area (Å²) in [5, 5.41) is 0.940. The first-order chi connectivity index (χ1) is 22.6. The normalized spacial score (nSPS) is 17.8. The summed E-state index contributed by atoms with van der Waals surface area (Å²) in [6, 6.07) is 11.7. The third-order valence-corrected chi connectivity index (χ3v) is 10.3. The molecule has 6 rings (SSSR count). The lowest BCUT2D eigenvalue weighted by Gasteiger charge is -2.34. The van der Waals surface area contributed by atoms with Gasteiger partial charge in [-0.2, -0.15) is 26.3 Å². The Kier molecular flexibility index (Phi) is 8.35. The molecule has 0 spiro atoms. The largest absolute Gasteiger partial charge is 0.465 e. The van der Waals surface area contributed by atoms with E-state index in [-0.39, 0.29) is 34.4 Å². The van der Waals surface area contributed by atoms with E-state index >= 15 is 0 Å². The van der Waals surface area contributed by atoms with Gasteiger partial charge in [0, 0.05) is 43.1 Å². The lowest BCUT2D eigenvalue weighted by Crippen LogP contribution is -2.44. The number of carbonyl (C=O) groups excluding carboxylic acids is 1. The molecule has 0 amide bonds. The number of alkyl halides is 6. The first-order valence-electron chi connectivity index (χ1n) is 14.5. The average Bonchev–Trinajstić information content (AvgIpc) is 3.04. The topological polar surface area (TPSA) is 105 Å². The molecule has 0 radical (unpaired) electrons. The van der Waals surface area contributed by atoms with Gasteiger partial charge in [-0.1, -0.05) is 6.07 Å². The van der Waals surface area contributed by atoms with Gasteiger partial charge in [0.1, 0.15) is 10.1 Å². The maximum Gasteiger partial charge on any atom is 0.416 e. The number of benzene rings is 3. The van der Waals surface area contributed by atoms with Gasteiger partial charge in [-0.15, -0.1) is 0 Å². The highest BCUT2D eigenvalue weighted by Gasteiger charge is 2.44. The van der Waals surface area contributed by atoms with E-state index in [0.29, 0.717) is 17.8 Å². The van der Waals surface area contributed by atoms with Gasteiger partial charge < -0.3 is 19.9 Å². The standard InChI is InChI=1S/C32H27F6N5O4S/c1-42-9-11-43(12-10-42)23-6-4-22(5-7-23)40-30-39-17-26-27(41-30)24-8-3-18(29(44)47-2)15-25(24)28(48(26,45)46)19-13-20(31(33,34)35)16-21(14-19)32(36,37)38/h3-8,13-17,28H,9-12H2,1-2H3,(H,39,40,41). The molecule has 1 unspecified atom stereocenters. The van der Waals surface area contributed by atoms with Gasteiger partial charge in [0.25, 0.3) is 0 Å². The molecule has 1 saturated heterocycles. The van der Waals surface area contributed by atoms with Gasteiger partial charge in [0.2, 0.25) is 5.95 Å². The van der Waals surface area contributed by atoms with Crippen LogP contribution in [0.15, 0.2) is 71.8 Å². The molecule has 2 aliphatic heterocycles. The number of rotatable bonds is 5. The Morgan fingerprint density at radius 2 is 1.52 bits per heavy atom. The number of esters is 1. The van der Waals surface area contributed by atoms with Crippen molar-refractivity contribution < 1.29 is 44.3 Å². The van der Waals surface area contributed by atoms with Gasteiger partial charge in [0.05, 0.1) is 35.7 Å². The van der Waals surface area contributed by atoms with E-state index < -0.39 is 55.0 Å². The van der Waals surface area contributed by atoms with E-state index in [0.717, 1.165) is 51.2 Å². The summed E-state index contributed by atoms with van der Waals surface area (Å²) in [6.07, 6.45) is -9.49. The van der Waals surface area contributed by atoms with Crippen LogP contribution in [0.5, 0.6) is 0 Å². The lowest BCUT2D eigenvalue weighted by molar-refractivity contribution is -0.143. The SMILES string of the molecule is COC(=O)c1ccc2c(c1)C(c1cc(C(F)(F)F)cc(C(F)(F)F)c1)S(=O)(=O)c1cnc(Nc3ccc(N4CCN(C)CC4)cc3)nc1-2. The van der Waals surface area contributed by atoms with Crippen LogP contribution in [0.2, 0.25) is 0 Å². The Morgan fingerprint density at radius 3 is 2.10 bits per heavy atom. The Balaban J connectivity index is 1.44. The van der Waals surface area contributed by atoms with Crippen LogP contribution in [0.4, 0.5) is 43.7 Å². The predicted molar refractivity (Wildman–Crippen MR) is 164 cm³/mol. The third kappa shape index (κ3) is 6.29. The Hall–Kier alpha value is -4.70. The smallest absolute Gasteiger partial charge is 0.416 e. The molecule has 252 valence electrons. The minimum atomic E-state index is -5.23. The number of aromatic nitrogens is 2. The van der Waals surface area contributed by atoms with Crippen molar-refractivity contribution in [3.8, 4) is 11.3 Å². The van der Waals surface area contributed by atoms with Gasteiger partial charge in [-0.25, -0.2) is 23.2 Å². The Labute approximate surface area is 271 Å². The number of nitrogens with one attached hydrogen (secondary N) is 1. The number of carbonyl (C=O) groups is 1. The molecule has 48 heavy (non-hydrogen) atoms. The molecule has 4 aromatic rings. The maximum absolute atomic E-state index is 14.1. The first-order valence-corrected chi connectivity index (χ1v) is 16.0. The third-order valence-electron chi connectivity index (χ3n) is 8.29. The number of nitrogens with zero attached hydrogens (tertiary/aromatic N) is 4.